The van der Waals surface area contributed by atoms with Gasteiger partial charge in [0.05, 0.1) is 0 Å². The highest BCUT2D eigenvalue weighted by molar-refractivity contribution is 5.83. The Balaban J connectivity index is 1.82. The molecule has 0 aliphatic carbocycles. The van der Waals surface area contributed by atoms with Gasteiger partial charge in [-0.15, -0.1) is 0 Å². The standard InChI is InChI=1S/C30H26O10/c1-29(27(35)36,17-11-19(31)15-20(32)12-17)39-25-9-5-3-7-23(25)24-8-4-6-10-26(24)40-30(2,28(37)38)18-13-21(33)16-22(34)14-18/h3-16,31-34H,1-2H3,(H,35,36)(H,37,38). The zero-order chi connectivity index (χ0) is 29.2. The van der Waals surface area contributed by atoms with Crippen molar-refractivity contribution in [2.75, 3.05) is 0 Å². The number of carboxylic acids is 2. The van der Waals surface area contributed by atoms with Gasteiger partial charge in [-0.3, -0.25) is 0 Å². The maximum Gasteiger partial charge on any atom is 0.352 e. The van der Waals surface area contributed by atoms with Gasteiger partial charge in [-0.25, -0.2) is 9.59 Å². The van der Waals surface area contributed by atoms with E-state index >= 15 is 0 Å². The van der Waals surface area contributed by atoms with Crippen LogP contribution in [0.3, 0.4) is 0 Å². The van der Waals surface area contributed by atoms with Crippen molar-refractivity contribution in [3.05, 3.63) is 96.1 Å². The Morgan fingerprint density at radius 2 is 0.850 bits per heavy atom. The molecule has 4 rings (SSSR count). The molecule has 0 saturated carbocycles. The van der Waals surface area contributed by atoms with Crippen molar-refractivity contribution in [3.63, 3.8) is 0 Å². The number of aromatic hydroxyl groups is 4. The van der Waals surface area contributed by atoms with Crippen molar-refractivity contribution >= 4 is 11.9 Å². The molecule has 4 aromatic rings. The Labute approximate surface area is 228 Å². The van der Waals surface area contributed by atoms with Crippen molar-refractivity contribution in [2.45, 2.75) is 25.0 Å². The molecule has 10 heteroatoms. The SMILES string of the molecule is CC(Oc1ccccc1-c1ccccc1OC(C)(C(=O)O)c1cc(O)cc(O)c1)(C(=O)O)c1cc(O)cc(O)c1. The van der Waals surface area contributed by atoms with Crippen molar-refractivity contribution in [1.29, 1.82) is 0 Å². The number of carbonyl (C=O) groups is 2. The van der Waals surface area contributed by atoms with Crippen molar-refractivity contribution in [3.8, 4) is 45.6 Å². The molecule has 0 radical (unpaired) electrons. The lowest BCUT2D eigenvalue weighted by Gasteiger charge is -2.30. The number of carboxylic acid groups (broad SMARTS) is 2. The fraction of sp³-hybridized carbons (Fsp3) is 0.133. The normalized spacial score (nSPS) is 13.9. The summed E-state index contributed by atoms with van der Waals surface area (Å²) >= 11 is 0. The van der Waals surface area contributed by atoms with E-state index in [1.165, 1.54) is 26.0 Å². The fourth-order valence-corrected chi connectivity index (χ4v) is 4.19. The second kappa shape index (κ2) is 10.4. The molecule has 10 nitrogen and oxygen atoms in total. The molecule has 0 aliphatic heterocycles. The monoisotopic (exact) mass is 546 g/mol. The number of phenolic OH excluding ortho intramolecular Hbond substituents is 4. The van der Waals surface area contributed by atoms with Crippen LogP contribution in [-0.2, 0) is 20.8 Å². The van der Waals surface area contributed by atoms with E-state index in [0.29, 0.717) is 11.1 Å². The van der Waals surface area contributed by atoms with Crippen LogP contribution in [0.4, 0.5) is 0 Å². The quantitative estimate of drug-likeness (QED) is 0.169. The lowest BCUT2D eigenvalue weighted by atomic mass is 9.94. The Bertz CT molecular complexity index is 1440. The highest BCUT2D eigenvalue weighted by atomic mass is 16.5. The Morgan fingerprint density at radius 3 is 1.15 bits per heavy atom. The number of hydrogen-bond donors (Lipinski definition) is 6. The van der Waals surface area contributed by atoms with E-state index in [1.807, 2.05) is 0 Å². The number of ether oxygens (including phenoxy) is 2. The fourth-order valence-electron chi connectivity index (χ4n) is 4.19. The van der Waals surface area contributed by atoms with E-state index in [9.17, 15) is 40.2 Å². The average molecular weight is 547 g/mol. The van der Waals surface area contributed by atoms with Gasteiger partial charge in [-0.05, 0) is 50.2 Å². The van der Waals surface area contributed by atoms with Gasteiger partial charge in [-0.2, -0.15) is 0 Å². The lowest BCUT2D eigenvalue weighted by molar-refractivity contribution is -0.155. The van der Waals surface area contributed by atoms with Gasteiger partial charge < -0.3 is 40.1 Å². The van der Waals surface area contributed by atoms with E-state index in [2.05, 4.69) is 0 Å². The lowest BCUT2D eigenvalue weighted by Crippen LogP contribution is -2.39. The molecular formula is C30H26O10. The molecule has 0 bridgehead atoms. The molecule has 4 aromatic carbocycles. The molecule has 0 aromatic heterocycles. The third-order valence-corrected chi connectivity index (χ3v) is 6.42. The topological polar surface area (TPSA) is 174 Å². The molecule has 0 heterocycles. The molecular weight excluding hydrogens is 520 g/mol. The Hall–Kier alpha value is -5.38. The highest BCUT2D eigenvalue weighted by Crippen LogP contribution is 2.43. The number of aliphatic carboxylic acids is 2. The molecule has 2 atom stereocenters. The molecule has 2 unspecified atom stereocenters. The van der Waals surface area contributed by atoms with Gasteiger partial charge in [0.15, 0.2) is 0 Å². The predicted octanol–water partition coefficient (Wildman–Crippen LogP) is 4.93. The first kappa shape index (κ1) is 27.6. The zero-order valence-corrected chi connectivity index (χ0v) is 21.4. The number of para-hydroxylation sites is 2. The maximum atomic E-state index is 12.4. The minimum absolute atomic E-state index is 0.0287. The van der Waals surface area contributed by atoms with E-state index < -0.39 is 23.1 Å². The van der Waals surface area contributed by atoms with Gasteiger partial charge in [0.1, 0.15) is 34.5 Å². The number of benzene rings is 4. The largest absolute Gasteiger partial charge is 0.508 e. The molecule has 0 saturated heterocycles. The third-order valence-electron chi connectivity index (χ3n) is 6.42. The summed E-state index contributed by atoms with van der Waals surface area (Å²) in [5.41, 5.74) is -3.48. The van der Waals surface area contributed by atoms with Crippen molar-refractivity contribution in [2.24, 2.45) is 0 Å². The maximum absolute atomic E-state index is 12.4. The van der Waals surface area contributed by atoms with Gasteiger partial charge >= 0.3 is 11.9 Å². The molecule has 0 spiro atoms. The van der Waals surface area contributed by atoms with Crippen LogP contribution >= 0.6 is 0 Å². The smallest absolute Gasteiger partial charge is 0.352 e. The van der Waals surface area contributed by atoms with Crippen LogP contribution in [0.15, 0.2) is 84.9 Å². The molecule has 0 fully saturated rings. The summed E-state index contributed by atoms with van der Waals surface area (Å²) in [6.45, 7) is 2.52. The van der Waals surface area contributed by atoms with Crippen LogP contribution < -0.4 is 9.47 Å². The predicted molar refractivity (Wildman–Crippen MR) is 143 cm³/mol. The number of hydrogen-bond acceptors (Lipinski definition) is 8. The van der Waals surface area contributed by atoms with E-state index in [4.69, 9.17) is 9.47 Å². The van der Waals surface area contributed by atoms with Crippen LogP contribution in [0.5, 0.6) is 34.5 Å². The summed E-state index contributed by atoms with van der Waals surface area (Å²) in [7, 11) is 0. The van der Waals surface area contributed by atoms with Crippen LogP contribution in [0.1, 0.15) is 25.0 Å². The number of rotatable bonds is 9. The van der Waals surface area contributed by atoms with Crippen LogP contribution in [-0.4, -0.2) is 42.6 Å². The van der Waals surface area contributed by atoms with Crippen LogP contribution in [0.2, 0.25) is 0 Å². The van der Waals surface area contributed by atoms with Gasteiger partial charge in [0.25, 0.3) is 0 Å². The minimum atomic E-state index is -2.06. The summed E-state index contributed by atoms with van der Waals surface area (Å²) in [6, 6.07) is 19.6. The molecule has 6 N–H and O–H groups in total. The summed E-state index contributed by atoms with van der Waals surface area (Å²) in [4.78, 5) is 24.8. The molecule has 0 aliphatic rings. The number of phenols is 4. The van der Waals surface area contributed by atoms with Gasteiger partial charge in [0.2, 0.25) is 11.2 Å². The molecule has 206 valence electrons. The molecule has 0 amide bonds. The van der Waals surface area contributed by atoms with Gasteiger partial charge in [0, 0.05) is 34.4 Å². The van der Waals surface area contributed by atoms with Gasteiger partial charge in [-0.1, -0.05) is 36.4 Å². The highest BCUT2D eigenvalue weighted by Gasteiger charge is 2.41. The minimum Gasteiger partial charge on any atom is -0.508 e. The Kier molecular flexibility index (Phi) is 7.20. The first-order valence-electron chi connectivity index (χ1n) is 11.9. The zero-order valence-electron chi connectivity index (χ0n) is 21.4. The second-order valence-corrected chi connectivity index (χ2v) is 9.35. The van der Waals surface area contributed by atoms with Crippen LogP contribution in [0.25, 0.3) is 11.1 Å². The van der Waals surface area contributed by atoms with E-state index in [1.54, 1.807) is 36.4 Å². The van der Waals surface area contributed by atoms with Crippen LogP contribution in [0, 0.1) is 0 Å². The van der Waals surface area contributed by atoms with E-state index in [0.717, 1.165) is 36.4 Å². The summed E-state index contributed by atoms with van der Waals surface area (Å²) in [5.74, 6) is -4.07. The van der Waals surface area contributed by atoms with Crippen molar-refractivity contribution < 1.29 is 49.7 Å². The first-order chi connectivity index (χ1) is 18.8. The van der Waals surface area contributed by atoms with Crippen molar-refractivity contribution in [1.82, 2.24) is 0 Å². The summed E-state index contributed by atoms with van der Waals surface area (Å²) in [6.07, 6.45) is 0. The Morgan fingerprint density at radius 1 is 0.550 bits per heavy atom. The third kappa shape index (κ3) is 5.28. The summed E-state index contributed by atoms with van der Waals surface area (Å²) < 4.78 is 12.1. The average Bonchev–Trinajstić information content (AvgIpc) is 2.88. The first-order valence-corrected chi connectivity index (χ1v) is 11.9. The second-order valence-electron chi connectivity index (χ2n) is 9.35. The molecule has 40 heavy (non-hydrogen) atoms. The summed E-state index contributed by atoms with van der Waals surface area (Å²) in [5, 5.41) is 60.0. The van der Waals surface area contributed by atoms with E-state index in [-0.39, 0.29) is 45.6 Å².